The largest absolute Gasteiger partial charge is 0.493 e. The summed E-state index contributed by atoms with van der Waals surface area (Å²) in [5.41, 5.74) is 2.83. The SMILES string of the molecule is BrC(CCC1CCCCC1)c1ccc2c(c1)CCCO2. The topological polar surface area (TPSA) is 9.23 Å². The highest BCUT2D eigenvalue weighted by Gasteiger charge is 2.17. The van der Waals surface area contributed by atoms with Gasteiger partial charge in [0, 0.05) is 4.83 Å². The number of benzene rings is 1. The lowest BCUT2D eigenvalue weighted by Gasteiger charge is -2.23. The van der Waals surface area contributed by atoms with Gasteiger partial charge in [0.2, 0.25) is 0 Å². The second-order valence-electron chi connectivity index (χ2n) is 6.37. The summed E-state index contributed by atoms with van der Waals surface area (Å²) in [6.45, 7) is 0.881. The Labute approximate surface area is 131 Å². The van der Waals surface area contributed by atoms with Crippen molar-refractivity contribution in [3.05, 3.63) is 29.3 Å². The summed E-state index contributed by atoms with van der Waals surface area (Å²) in [5, 5.41) is 0. The quantitative estimate of drug-likeness (QED) is 0.630. The van der Waals surface area contributed by atoms with Crippen molar-refractivity contribution in [2.45, 2.75) is 62.6 Å². The Balaban J connectivity index is 1.57. The lowest BCUT2D eigenvalue weighted by Crippen LogP contribution is -2.09. The highest BCUT2D eigenvalue weighted by molar-refractivity contribution is 9.09. The fraction of sp³-hybridized carbons (Fsp3) is 0.667. The van der Waals surface area contributed by atoms with Gasteiger partial charge in [-0.2, -0.15) is 0 Å². The summed E-state index contributed by atoms with van der Waals surface area (Å²) in [4.78, 5) is 0.511. The Morgan fingerprint density at radius 2 is 2.00 bits per heavy atom. The van der Waals surface area contributed by atoms with E-state index in [4.69, 9.17) is 4.74 Å². The molecule has 1 unspecified atom stereocenters. The van der Waals surface area contributed by atoms with E-state index in [-0.39, 0.29) is 0 Å². The van der Waals surface area contributed by atoms with Crippen LogP contribution in [0.25, 0.3) is 0 Å². The zero-order valence-corrected chi connectivity index (χ0v) is 13.8. The van der Waals surface area contributed by atoms with Gasteiger partial charge in [-0.3, -0.25) is 0 Å². The van der Waals surface area contributed by atoms with Crippen LogP contribution in [0.3, 0.4) is 0 Å². The maximum absolute atomic E-state index is 5.70. The van der Waals surface area contributed by atoms with Gasteiger partial charge in [0.1, 0.15) is 5.75 Å². The molecule has 3 rings (SSSR count). The van der Waals surface area contributed by atoms with Gasteiger partial charge in [0.15, 0.2) is 0 Å². The molecule has 0 N–H and O–H groups in total. The predicted octanol–water partition coefficient (Wildman–Crippen LogP) is 5.81. The van der Waals surface area contributed by atoms with Crippen LogP contribution in [0.1, 0.15) is 67.3 Å². The lowest BCUT2D eigenvalue weighted by atomic mass is 9.85. The number of halogens is 1. The normalized spacial score (nSPS) is 21.1. The van der Waals surface area contributed by atoms with Crippen molar-refractivity contribution >= 4 is 15.9 Å². The van der Waals surface area contributed by atoms with Crippen LogP contribution < -0.4 is 4.74 Å². The van der Waals surface area contributed by atoms with Gasteiger partial charge >= 0.3 is 0 Å². The van der Waals surface area contributed by atoms with E-state index in [0.717, 1.165) is 24.7 Å². The molecular weight excluding hydrogens is 312 g/mol. The Morgan fingerprint density at radius 1 is 1.15 bits per heavy atom. The molecule has 1 atom stereocenters. The standard InChI is InChI=1S/C18H25BrO/c19-17(10-8-14-5-2-1-3-6-14)15-9-11-18-16(13-15)7-4-12-20-18/h9,11,13-14,17H,1-8,10,12H2. The number of hydrogen-bond donors (Lipinski definition) is 0. The predicted molar refractivity (Wildman–Crippen MR) is 87.7 cm³/mol. The average molecular weight is 337 g/mol. The van der Waals surface area contributed by atoms with Crippen LogP contribution in [0.15, 0.2) is 18.2 Å². The first-order valence-corrected chi connectivity index (χ1v) is 9.14. The Morgan fingerprint density at radius 3 is 2.85 bits per heavy atom. The van der Waals surface area contributed by atoms with Gasteiger partial charge in [0.25, 0.3) is 0 Å². The highest BCUT2D eigenvalue weighted by Crippen LogP contribution is 2.36. The van der Waals surface area contributed by atoms with Crippen LogP contribution in [0.2, 0.25) is 0 Å². The molecule has 1 aromatic rings. The molecule has 2 heteroatoms. The zero-order chi connectivity index (χ0) is 13.8. The molecule has 0 spiro atoms. The van der Waals surface area contributed by atoms with Crippen LogP contribution in [0.4, 0.5) is 0 Å². The van der Waals surface area contributed by atoms with Crippen LogP contribution >= 0.6 is 15.9 Å². The second-order valence-corrected chi connectivity index (χ2v) is 7.47. The fourth-order valence-corrected chi connectivity index (χ4v) is 4.15. The molecule has 0 radical (unpaired) electrons. The maximum Gasteiger partial charge on any atom is 0.122 e. The first-order valence-electron chi connectivity index (χ1n) is 8.22. The van der Waals surface area contributed by atoms with E-state index in [0.29, 0.717) is 4.83 Å². The summed E-state index contributed by atoms with van der Waals surface area (Å²) < 4.78 is 5.70. The molecule has 1 saturated carbocycles. The molecule has 1 aliphatic carbocycles. The van der Waals surface area contributed by atoms with Crippen LogP contribution in [-0.2, 0) is 6.42 Å². The molecule has 110 valence electrons. The minimum Gasteiger partial charge on any atom is -0.493 e. The second kappa shape index (κ2) is 6.98. The monoisotopic (exact) mass is 336 g/mol. The number of ether oxygens (including phenoxy) is 1. The molecule has 0 amide bonds. The van der Waals surface area contributed by atoms with Crippen molar-refractivity contribution in [2.24, 2.45) is 5.92 Å². The molecule has 1 heterocycles. The first-order chi connectivity index (χ1) is 9.83. The van der Waals surface area contributed by atoms with Gasteiger partial charge in [0.05, 0.1) is 6.61 Å². The molecule has 1 fully saturated rings. The third-order valence-electron chi connectivity index (χ3n) is 4.85. The van der Waals surface area contributed by atoms with Crippen molar-refractivity contribution in [1.82, 2.24) is 0 Å². The number of rotatable bonds is 4. The molecule has 2 aliphatic rings. The summed E-state index contributed by atoms with van der Waals surface area (Å²) in [7, 11) is 0. The smallest absolute Gasteiger partial charge is 0.122 e. The van der Waals surface area contributed by atoms with Crippen molar-refractivity contribution in [1.29, 1.82) is 0 Å². The summed E-state index contributed by atoms with van der Waals surface area (Å²) in [6.07, 6.45) is 12.3. The van der Waals surface area contributed by atoms with E-state index in [1.54, 1.807) is 0 Å². The molecule has 1 nitrogen and oxygen atoms in total. The fourth-order valence-electron chi connectivity index (χ4n) is 3.60. The number of fused-ring (bicyclic) bond motifs is 1. The lowest BCUT2D eigenvalue weighted by molar-refractivity contribution is 0.288. The van der Waals surface area contributed by atoms with E-state index in [1.807, 2.05) is 0 Å². The Kier molecular flexibility index (Phi) is 5.04. The van der Waals surface area contributed by atoms with Crippen molar-refractivity contribution < 1.29 is 4.74 Å². The van der Waals surface area contributed by atoms with E-state index < -0.39 is 0 Å². The third kappa shape index (κ3) is 3.58. The Hall–Kier alpha value is -0.500. The molecule has 20 heavy (non-hydrogen) atoms. The summed E-state index contributed by atoms with van der Waals surface area (Å²) >= 11 is 3.90. The minimum absolute atomic E-state index is 0.511. The molecule has 1 aliphatic heterocycles. The number of hydrogen-bond acceptors (Lipinski definition) is 1. The van der Waals surface area contributed by atoms with Crippen molar-refractivity contribution in [3.8, 4) is 5.75 Å². The van der Waals surface area contributed by atoms with Gasteiger partial charge in [-0.05, 0) is 48.8 Å². The minimum atomic E-state index is 0.511. The van der Waals surface area contributed by atoms with Gasteiger partial charge < -0.3 is 4.74 Å². The van der Waals surface area contributed by atoms with Gasteiger partial charge in [-0.25, -0.2) is 0 Å². The van der Waals surface area contributed by atoms with Crippen LogP contribution in [0.5, 0.6) is 5.75 Å². The average Bonchev–Trinajstić information content (AvgIpc) is 2.53. The van der Waals surface area contributed by atoms with Crippen LogP contribution in [-0.4, -0.2) is 6.61 Å². The van der Waals surface area contributed by atoms with Crippen molar-refractivity contribution in [3.63, 3.8) is 0 Å². The van der Waals surface area contributed by atoms with E-state index in [9.17, 15) is 0 Å². The highest BCUT2D eigenvalue weighted by atomic mass is 79.9. The maximum atomic E-state index is 5.70. The summed E-state index contributed by atoms with van der Waals surface area (Å²) in [6, 6.07) is 6.76. The molecule has 0 aromatic heterocycles. The Bertz CT molecular complexity index is 437. The van der Waals surface area contributed by atoms with Gasteiger partial charge in [-0.15, -0.1) is 0 Å². The van der Waals surface area contributed by atoms with E-state index in [1.165, 1.54) is 62.5 Å². The van der Waals surface area contributed by atoms with Gasteiger partial charge in [-0.1, -0.05) is 60.2 Å². The molecular formula is C18H25BrO. The van der Waals surface area contributed by atoms with Crippen molar-refractivity contribution in [2.75, 3.05) is 6.61 Å². The van der Waals surface area contributed by atoms with Crippen LogP contribution in [0, 0.1) is 5.92 Å². The van der Waals surface area contributed by atoms with E-state index in [2.05, 4.69) is 34.1 Å². The molecule has 1 aromatic carbocycles. The molecule has 0 saturated heterocycles. The number of alkyl halides is 1. The number of aryl methyl sites for hydroxylation is 1. The van der Waals surface area contributed by atoms with E-state index >= 15 is 0 Å². The third-order valence-corrected chi connectivity index (χ3v) is 5.83. The first kappa shape index (κ1) is 14.4. The molecule has 0 bridgehead atoms. The summed E-state index contributed by atoms with van der Waals surface area (Å²) in [5.74, 6) is 2.08. The zero-order valence-electron chi connectivity index (χ0n) is 12.2.